The Bertz CT molecular complexity index is 481. The van der Waals surface area contributed by atoms with Gasteiger partial charge in [0.25, 0.3) is 0 Å². The molecule has 2 aliphatic rings. The Morgan fingerprint density at radius 2 is 2.15 bits per heavy atom. The van der Waals surface area contributed by atoms with Crippen LogP contribution in [0, 0.1) is 5.92 Å². The lowest BCUT2D eigenvalue weighted by Gasteiger charge is -2.31. The van der Waals surface area contributed by atoms with Crippen molar-refractivity contribution in [2.75, 3.05) is 13.2 Å². The van der Waals surface area contributed by atoms with Gasteiger partial charge in [0.2, 0.25) is 5.91 Å². The summed E-state index contributed by atoms with van der Waals surface area (Å²) in [6.45, 7) is 3.63. The SMILES string of the molecule is CC1CCC(C(=O)NC2CCOc3ccccc32)CN1. The number of carbonyl (C=O) groups is 1. The van der Waals surface area contributed by atoms with Crippen LogP contribution in [-0.2, 0) is 4.79 Å². The maximum Gasteiger partial charge on any atom is 0.224 e. The van der Waals surface area contributed by atoms with E-state index < -0.39 is 0 Å². The normalized spacial score (nSPS) is 29.1. The summed E-state index contributed by atoms with van der Waals surface area (Å²) in [5, 5.41) is 6.58. The molecule has 0 spiro atoms. The molecule has 0 aliphatic carbocycles. The number of rotatable bonds is 2. The van der Waals surface area contributed by atoms with E-state index in [9.17, 15) is 4.79 Å². The molecule has 1 aromatic rings. The minimum atomic E-state index is 0.0896. The summed E-state index contributed by atoms with van der Waals surface area (Å²) in [4.78, 5) is 12.4. The molecule has 0 aromatic heterocycles. The molecule has 20 heavy (non-hydrogen) atoms. The monoisotopic (exact) mass is 274 g/mol. The number of hydrogen-bond donors (Lipinski definition) is 2. The Kier molecular flexibility index (Phi) is 3.92. The fourth-order valence-electron chi connectivity index (χ4n) is 3.00. The molecule has 0 saturated carbocycles. The van der Waals surface area contributed by atoms with E-state index in [1.807, 2.05) is 24.3 Å². The average molecular weight is 274 g/mol. The summed E-state index contributed by atoms with van der Waals surface area (Å²) >= 11 is 0. The highest BCUT2D eigenvalue weighted by molar-refractivity contribution is 5.79. The Hall–Kier alpha value is -1.55. The standard InChI is InChI=1S/C16H22N2O2/c1-11-6-7-12(10-17-11)16(19)18-14-8-9-20-15-5-3-2-4-13(14)15/h2-5,11-12,14,17H,6-10H2,1H3,(H,18,19). The van der Waals surface area contributed by atoms with Crippen molar-refractivity contribution in [1.82, 2.24) is 10.6 Å². The van der Waals surface area contributed by atoms with E-state index in [0.717, 1.165) is 37.1 Å². The van der Waals surface area contributed by atoms with Gasteiger partial charge in [-0.3, -0.25) is 4.79 Å². The van der Waals surface area contributed by atoms with E-state index in [2.05, 4.69) is 17.6 Å². The van der Waals surface area contributed by atoms with Crippen molar-refractivity contribution in [2.24, 2.45) is 5.92 Å². The first-order valence-electron chi connectivity index (χ1n) is 7.49. The predicted molar refractivity (Wildman–Crippen MR) is 77.6 cm³/mol. The molecule has 0 bridgehead atoms. The van der Waals surface area contributed by atoms with Crippen molar-refractivity contribution < 1.29 is 9.53 Å². The fourth-order valence-corrected chi connectivity index (χ4v) is 3.00. The van der Waals surface area contributed by atoms with Gasteiger partial charge in [-0.1, -0.05) is 18.2 Å². The number of fused-ring (bicyclic) bond motifs is 1. The third-order valence-corrected chi connectivity index (χ3v) is 4.31. The smallest absolute Gasteiger partial charge is 0.224 e. The van der Waals surface area contributed by atoms with Gasteiger partial charge in [0.05, 0.1) is 18.6 Å². The van der Waals surface area contributed by atoms with Gasteiger partial charge in [-0.05, 0) is 25.8 Å². The molecule has 0 radical (unpaired) electrons. The Morgan fingerprint density at radius 1 is 1.30 bits per heavy atom. The van der Waals surface area contributed by atoms with Crippen LogP contribution in [0.15, 0.2) is 24.3 Å². The predicted octanol–water partition coefficient (Wildman–Crippen LogP) is 2.01. The number of ether oxygens (including phenoxy) is 1. The van der Waals surface area contributed by atoms with Crippen LogP contribution in [-0.4, -0.2) is 25.1 Å². The van der Waals surface area contributed by atoms with Crippen molar-refractivity contribution in [2.45, 2.75) is 38.3 Å². The Morgan fingerprint density at radius 3 is 2.95 bits per heavy atom. The molecule has 3 rings (SSSR count). The molecule has 2 N–H and O–H groups in total. The molecule has 2 aliphatic heterocycles. The highest BCUT2D eigenvalue weighted by Gasteiger charge is 2.28. The maximum absolute atomic E-state index is 12.4. The molecule has 4 heteroatoms. The minimum Gasteiger partial charge on any atom is -0.493 e. The first-order valence-corrected chi connectivity index (χ1v) is 7.49. The summed E-state index contributed by atoms with van der Waals surface area (Å²) in [6.07, 6.45) is 2.90. The van der Waals surface area contributed by atoms with E-state index >= 15 is 0 Å². The van der Waals surface area contributed by atoms with Crippen LogP contribution in [0.25, 0.3) is 0 Å². The molecular formula is C16H22N2O2. The van der Waals surface area contributed by atoms with E-state index in [0.29, 0.717) is 12.6 Å². The number of amides is 1. The topological polar surface area (TPSA) is 50.4 Å². The van der Waals surface area contributed by atoms with Gasteiger partial charge in [0.1, 0.15) is 5.75 Å². The van der Waals surface area contributed by atoms with Gasteiger partial charge < -0.3 is 15.4 Å². The molecule has 1 fully saturated rings. The Labute approximate surface area is 119 Å². The summed E-state index contributed by atoms with van der Waals surface area (Å²) in [5.74, 6) is 1.17. The van der Waals surface area contributed by atoms with Gasteiger partial charge >= 0.3 is 0 Å². The van der Waals surface area contributed by atoms with E-state index in [1.54, 1.807) is 0 Å². The van der Waals surface area contributed by atoms with Crippen LogP contribution in [0.1, 0.15) is 37.8 Å². The number of para-hydroxylation sites is 1. The third kappa shape index (κ3) is 2.80. The molecule has 1 amide bonds. The second-order valence-corrected chi connectivity index (χ2v) is 5.82. The number of nitrogens with one attached hydrogen (secondary N) is 2. The highest BCUT2D eigenvalue weighted by Crippen LogP contribution is 2.31. The molecule has 4 nitrogen and oxygen atoms in total. The second-order valence-electron chi connectivity index (χ2n) is 5.82. The Balaban J connectivity index is 1.65. The molecule has 3 atom stereocenters. The van der Waals surface area contributed by atoms with E-state index in [-0.39, 0.29) is 17.9 Å². The number of benzene rings is 1. The van der Waals surface area contributed by atoms with Crippen molar-refractivity contribution in [1.29, 1.82) is 0 Å². The number of hydrogen-bond acceptors (Lipinski definition) is 3. The second kappa shape index (κ2) is 5.83. The maximum atomic E-state index is 12.4. The van der Waals surface area contributed by atoms with Crippen molar-refractivity contribution in [3.8, 4) is 5.75 Å². The van der Waals surface area contributed by atoms with Gasteiger partial charge in [-0.2, -0.15) is 0 Å². The van der Waals surface area contributed by atoms with Crippen LogP contribution in [0.2, 0.25) is 0 Å². The van der Waals surface area contributed by atoms with Crippen molar-refractivity contribution >= 4 is 5.91 Å². The van der Waals surface area contributed by atoms with Crippen LogP contribution in [0.5, 0.6) is 5.75 Å². The minimum absolute atomic E-state index is 0.0896. The van der Waals surface area contributed by atoms with Crippen molar-refractivity contribution in [3.05, 3.63) is 29.8 Å². The van der Waals surface area contributed by atoms with Crippen LogP contribution >= 0.6 is 0 Å². The largest absolute Gasteiger partial charge is 0.493 e. The summed E-state index contributed by atoms with van der Waals surface area (Å²) in [7, 11) is 0. The fraction of sp³-hybridized carbons (Fsp3) is 0.562. The van der Waals surface area contributed by atoms with Crippen LogP contribution in [0.4, 0.5) is 0 Å². The number of carbonyl (C=O) groups excluding carboxylic acids is 1. The summed E-state index contributed by atoms with van der Waals surface area (Å²) < 4.78 is 5.63. The molecule has 1 saturated heterocycles. The first-order chi connectivity index (χ1) is 9.74. The molecule has 1 aromatic carbocycles. The lowest BCUT2D eigenvalue weighted by atomic mass is 9.93. The van der Waals surface area contributed by atoms with Crippen LogP contribution < -0.4 is 15.4 Å². The molecular weight excluding hydrogens is 252 g/mol. The molecule has 3 unspecified atom stereocenters. The quantitative estimate of drug-likeness (QED) is 0.867. The lowest BCUT2D eigenvalue weighted by Crippen LogP contribution is -2.45. The highest BCUT2D eigenvalue weighted by atomic mass is 16.5. The zero-order valence-electron chi connectivity index (χ0n) is 11.9. The van der Waals surface area contributed by atoms with Gasteiger partial charge in [0.15, 0.2) is 0 Å². The van der Waals surface area contributed by atoms with Crippen molar-refractivity contribution in [3.63, 3.8) is 0 Å². The van der Waals surface area contributed by atoms with E-state index in [4.69, 9.17) is 4.74 Å². The first kappa shape index (κ1) is 13.4. The van der Waals surface area contributed by atoms with Gasteiger partial charge in [-0.25, -0.2) is 0 Å². The summed E-state index contributed by atoms with van der Waals surface area (Å²) in [5.41, 5.74) is 1.10. The zero-order valence-corrected chi connectivity index (χ0v) is 11.9. The van der Waals surface area contributed by atoms with E-state index in [1.165, 1.54) is 0 Å². The number of piperidine rings is 1. The molecule has 2 heterocycles. The third-order valence-electron chi connectivity index (χ3n) is 4.31. The van der Waals surface area contributed by atoms with Gasteiger partial charge in [-0.15, -0.1) is 0 Å². The van der Waals surface area contributed by atoms with Crippen LogP contribution in [0.3, 0.4) is 0 Å². The lowest BCUT2D eigenvalue weighted by molar-refractivity contribution is -0.126. The van der Waals surface area contributed by atoms with Gasteiger partial charge in [0, 0.05) is 24.6 Å². The zero-order chi connectivity index (χ0) is 13.9. The average Bonchev–Trinajstić information content (AvgIpc) is 2.48. The summed E-state index contributed by atoms with van der Waals surface area (Å²) in [6, 6.07) is 8.60. The molecule has 108 valence electrons.